The van der Waals surface area contributed by atoms with Crippen LogP contribution in [0.15, 0.2) is 10.7 Å². The summed E-state index contributed by atoms with van der Waals surface area (Å²) in [6.07, 6.45) is 4.91. The monoisotopic (exact) mass is 298 g/mol. The third-order valence-electron chi connectivity index (χ3n) is 3.42. The number of aromatic nitrogens is 2. The first-order chi connectivity index (χ1) is 7.68. The molecule has 0 saturated carbocycles. The molecule has 16 heavy (non-hydrogen) atoms. The predicted molar refractivity (Wildman–Crippen MR) is 70.1 cm³/mol. The van der Waals surface area contributed by atoms with Crippen molar-refractivity contribution in [1.29, 1.82) is 0 Å². The summed E-state index contributed by atoms with van der Waals surface area (Å²) >= 11 is 9.53. The minimum absolute atomic E-state index is 0.568. The molecule has 0 spiro atoms. The fraction of sp³-hybridized carbons (Fsp3) is 0.417. The van der Waals surface area contributed by atoms with Gasteiger partial charge in [0.1, 0.15) is 9.76 Å². The lowest BCUT2D eigenvalue weighted by Gasteiger charge is -2.12. The Morgan fingerprint density at radius 3 is 2.94 bits per heavy atom. The van der Waals surface area contributed by atoms with Crippen molar-refractivity contribution in [3.05, 3.63) is 27.1 Å². The topological polar surface area (TPSA) is 17.8 Å². The molecule has 0 amide bonds. The van der Waals surface area contributed by atoms with E-state index in [2.05, 4.69) is 32.5 Å². The number of fused-ring (bicyclic) bond motifs is 3. The van der Waals surface area contributed by atoms with E-state index in [9.17, 15) is 0 Å². The number of rotatable bonds is 0. The average Bonchev–Trinajstić information content (AvgIpc) is 2.54. The van der Waals surface area contributed by atoms with Crippen molar-refractivity contribution in [1.82, 2.24) is 9.55 Å². The second-order valence-corrected chi connectivity index (χ2v) is 5.46. The van der Waals surface area contributed by atoms with Gasteiger partial charge in [0, 0.05) is 18.1 Å². The summed E-state index contributed by atoms with van der Waals surface area (Å²) in [4.78, 5) is 4.27. The van der Waals surface area contributed by atoms with E-state index in [4.69, 9.17) is 11.6 Å². The molecule has 2 aromatic rings. The van der Waals surface area contributed by atoms with Gasteiger partial charge in [-0.2, -0.15) is 0 Å². The van der Waals surface area contributed by atoms with Crippen molar-refractivity contribution in [3.63, 3.8) is 0 Å². The van der Waals surface area contributed by atoms with E-state index in [1.165, 1.54) is 47.8 Å². The molecular weight excluding hydrogens is 288 g/mol. The number of aryl methyl sites for hydroxylation is 2. The van der Waals surface area contributed by atoms with Gasteiger partial charge in [0.2, 0.25) is 0 Å². The van der Waals surface area contributed by atoms with Crippen LogP contribution < -0.4 is 0 Å². The molecule has 0 aliphatic heterocycles. The summed E-state index contributed by atoms with van der Waals surface area (Å²) in [6.45, 7) is 0. The first-order valence-corrected chi connectivity index (χ1v) is 6.68. The average molecular weight is 300 g/mol. The van der Waals surface area contributed by atoms with E-state index in [0.29, 0.717) is 5.15 Å². The van der Waals surface area contributed by atoms with E-state index >= 15 is 0 Å². The van der Waals surface area contributed by atoms with Crippen LogP contribution in [-0.2, 0) is 19.9 Å². The van der Waals surface area contributed by atoms with Crippen LogP contribution in [-0.4, -0.2) is 9.55 Å². The molecular formula is C12H12BrClN2. The fourth-order valence-electron chi connectivity index (χ4n) is 2.71. The Kier molecular flexibility index (Phi) is 2.48. The zero-order chi connectivity index (χ0) is 11.3. The summed E-state index contributed by atoms with van der Waals surface area (Å²) in [7, 11) is 2.12. The zero-order valence-electron chi connectivity index (χ0n) is 9.06. The number of nitrogens with zero attached hydrogens (tertiary/aromatic N) is 2. The zero-order valence-corrected chi connectivity index (χ0v) is 11.4. The van der Waals surface area contributed by atoms with E-state index in [1.54, 1.807) is 0 Å². The number of halogens is 2. The molecule has 2 nitrogen and oxygen atoms in total. The molecule has 1 aliphatic rings. The Labute approximate surface area is 108 Å². The van der Waals surface area contributed by atoms with Gasteiger partial charge >= 0.3 is 0 Å². The Hall–Kier alpha value is -0.540. The normalized spacial score (nSPS) is 15.4. The molecule has 2 aromatic heterocycles. The molecule has 0 fully saturated rings. The van der Waals surface area contributed by atoms with Gasteiger partial charge < -0.3 is 4.57 Å². The molecule has 0 aromatic carbocycles. The third kappa shape index (κ3) is 1.41. The fourth-order valence-corrected chi connectivity index (χ4v) is 3.68. The highest BCUT2D eigenvalue weighted by molar-refractivity contribution is 9.10. The van der Waals surface area contributed by atoms with E-state index in [1.807, 2.05) is 6.07 Å². The Morgan fingerprint density at radius 1 is 1.38 bits per heavy atom. The maximum absolute atomic E-state index is 6.03. The SMILES string of the molecule is Cn1c2c(c3cc(Cl)nc(Br)c31)CCCC2. The van der Waals surface area contributed by atoms with Crippen molar-refractivity contribution >= 4 is 38.4 Å². The summed E-state index contributed by atoms with van der Waals surface area (Å²) in [6, 6.07) is 1.99. The minimum Gasteiger partial charge on any atom is -0.345 e. The van der Waals surface area contributed by atoms with Gasteiger partial charge in [-0.3, -0.25) is 0 Å². The molecule has 0 N–H and O–H groups in total. The lowest BCUT2D eigenvalue weighted by Crippen LogP contribution is -2.04. The van der Waals surface area contributed by atoms with Crippen LogP contribution in [0.2, 0.25) is 5.15 Å². The predicted octanol–water partition coefficient (Wildman–Crippen LogP) is 3.87. The minimum atomic E-state index is 0.568. The van der Waals surface area contributed by atoms with E-state index in [0.717, 1.165) is 4.60 Å². The standard InChI is InChI=1S/C12H12BrClN2/c1-16-9-5-3-2-4-7(9)8-6-10(14)15-12(13)11(8)16/h6H,2-5H2,1H3. The molecule has 0 radical (unpaired) electrons. The van der Waals surface area contributed by atoms with Gasteiger partial charge in [0.05, 0.1) is 5.52 Å². The molecule has 0 bridgehead atoms. The van der Waals surface area contributed by atoms with Gasteiger partial charge in [0.25, 0.3) is 0 Å². The molecule has 84 valence electrons. The van der Waals surface area contributed by atoms with Crippen LogP contribution >= 0.6 is 27.5 Å². The highest BCUT2D eigenvalue weighted by atomic mass is 79.9. The van der Waals surface area contributed by atoms with Crippen molar-refractivity contribution < 1.29 is 0 Å². The quantitative estimate of drug-likeness (QED) is 0.675. The van der Waals surface area contributed by atoms with Crippen LogP contribution in [0.4, 0.5) is 0 Å². The molecule has 0 unspecified atom stereocenters. The summed E-state index contributed by atoms with van der Waals surface area (Å²) < 4.78 is 3.11. The van der Waals surface area contributed by atoms with Crippen LogP contribution in [0, 0.1) is 0 Å². The second kappa shape index (κ2) is 3.74. The molecule has 1 aliphatic carbocycles. The van der Waals surface area contributed by atoms with Crippen molar-refractivity contribution in [2.45, 2.75) is 25.7 Å². The summed E-state index contributed by atoms with van der Waals surface area (Å²) in [5.74, 6) is 0. The first kappa shape index (κ1) is 10.6. The highest BCUT2D eigenvalue weighted by Crippen LogP contribution is 2.35. The van der Waals surface area contributed by atoms with E-state index in [-0.39, 0.29) is 0 Å². The maximum atomic E-state index is 6.03. The van der Waals surface area contributed by atoms with Gasteiger partial charge in [-0.15, -0.1) is 0 Å². The summed E-state index contributed by atoms with van der Waals surface area (Å²) in [5.41, 5.74) is 4.09. The first-order valence-electron chi connectivity index (χ1n) is 5.50. The van der Waals surface area contributed by atoms with Crippen LogP contribution in [0.25, 0.3) is 10.9 Å². The molecule has 4 heteroatoms. The Balaban J connectivity index is 2.44. The van der Waals surface area contributed by atoms with Gasteiger partial charge in [-0.05, 0) is 53.2 Å². The van der Waals surface area contributed by atoms with Crippen LogP contribution in [0.1, 0.15) is 24.1 Å². The number of hydrogen-bond donors (Lipinski definition) is 0. The summed E-state index contributed by atoms with van der Waals surface area (Å²) in [5, 5.41) is 1.84. The van der Waals surface area contributed by atoms with Gasteiger partial charge in [0.15, 0.2) is 0 Å². The molecule has 0 saturated heterocycles. The van der Waals surface area contributed by atoms with Gasteiger partial charge in [-0.25, -0.2) is 4.98 Å². The lowest BCUT2D eigenvalue weighted by atomic mass is 9.96. The third-order valence-corrected chi connectivity index (χ3v) is 4.17. The van der Waals surface area contributed by atoms with Crippen LogP contribution in [0.3, 0.4) is 0 Å². The van der Waals surface area contributed by atoms with Gasteiger partial charge in [-0.1, -0.05) is 11.6 Å². The van der Waals surface area contributed by atoms with Crippen LogP contribution in [0.5, 0.6) is 0 Å². The molecule has 0 atom stereocenters. The molecule has 2 heterocycles. The Bertz CT molecular complexity index is 574. The smallest absolute Gasteiger partial charge is 0.132 e. The molecule has 3 rings (SSSR count). The Morgan fingerprint density at radius 2 is 2.12 bits per heavy atom. The van der Waals surface area contributed by atoms with E-state index < -0.39 is 0 Å². The second-order valence-electron chi connectivity index (χ2n) is 4.32. The largest absolute Gasteiger partial charge is 0.345 e. The lowest BCUT2D eigenvalue weighted by molar-refractivity contribution is 0.653. The maximum Gasteiger partial charge on any atom is 0.132 e. The number of pyridine rings is 1. The van der Waals surface area contributed by atoms with Crippen molar-refractivity contribution in [3.8, 4) is 0 Å². The van der Waals surface area contributed by atoms with Crippen molar-refractivity contribution in [2.75, 3.05) is 0 Å². The highest BCUT2D eigenvalue weighted by Gasteiger charge is 2.20. The van der Waals surface area contributed by atoms with Crippen molar-refractivity contribution in [2.24, 2.45) is 7.05 Å². The number of hydrogen-bond acceptors (Lipinski definition) is 1.